The second kappa shape index (κ2) is 12.2. The van der Waals surface area contributed by atoms with Crippen LogP contribution in [0.25, 0.3) is 0 Å². The van der Waals surface area contributed by atoms with Crippen molar-refractivity contribution >= 4 is 46.2 Å². The van der Waals surface area contributed by atoms with E-state index in [4.69, 9.17) is 0 Å². The first-order valence-electron chi connectivity index (χ1n) is 12.5. The fourth-order valence-electron chi connectivity index (χ4n) is 4.50. The minimum absolute atomic E-state index is 0.0573. The molecule has 1 aromatic carbocycles. The van der Waals surface area contributed by atoms with Gasteiger partial charge in [-0.25, -0.2) is 0 Å². The molecule has 2 saturated heterocycles. The molecule has 0 aliphatic carbocycles. The van der Waals surface area contributed by atoms with Crippen LogP contribution in [0.3, 0.4) is 0 Å². The lowest BCUT2D eigenvalue weighted by molar-refractivity contribution is -0.130. The van der Waals surface area contributed by atoms with Crippen LogP contribution in [0.15, 0.2) is 29.3 Å². The van der Waals surface area contributed by atoms with Crippen LogP contribution in [0.2, 0.25) is 0 Å². The number of hydrogen-bond donors (Lipinski definition) is 2. The molecule has 0 saturated carbocycles. The third kappa shape index (κ3) is 7.06. The Morgan fingerprint density at radius 3 is 2.46 bits per heavy atom. The Morgan fingerprint density at radius 2 is 1.69 bits per heavy atom. The molecule has 0 spiro atoms. The normalized spacial score (nSPS) is 20.9. The Labute approximate surface area is 210 Å². The van der Waals surface area contributed by atoms with E-state index in [0.29, 0.717) is 30.8 Å². The van der Waals surface area contributed by atoms with E-state index in [1.54, 1.807) is 24.3 Å². The molecule has 4 amide bonds. The van der Waals surface area contributed by atoms with Gasteiger partial charge in [-0.05, 0) is 56.4 Å². The summed E-state index contributed by atoms with van der Waals surface area (Å²) in [5, 5.41) is 5.90. The minimum atomic E-state index is -0.493. The standard InChI is InChI=1S/C25H33N5O4S/c31-21(17-20-24(34)28-25(35-20)30-14-5-2-6-15-30)27-19-10-8-18(9-11-19)23(33)26-12-16-29-13-4-1-3-7-22(29)32/h8-11,20H,1-7,12-17H2,(H,26,33)(H,27,31). The van der Waals surface area contributed by atoms with Gasteiger partial charge in [-0.3, -0.25) is 19.2 Å². The highest BCUT2D eigenvalue weighted by molar-refractivity contribution is 8.15. The Hall–Kier alpha value is -2.88. The van der Waals surface area contributed by atoms with Gasteiger partial charge in [0.05, 0.1) is 0 Å². The van der Waals surface area contributed by atoms with Crippen molar-refractivity contribution in [3.05, 3.63) is 29.8 Å². The molecule has 188 valence electrons. The maximum atomic E-state index is 12.5. The largest absolute Gasteiger partial charge is 0.351 e. The van der Waals surface area contributed by atoms with Crippen molar-refractivity contribution in [2.75, 3.05) is 38.0 Å². The molecule has 1 aromatic rings. The quantitative estimate of drug-likeness (QED) is 0.597. The van der Waals surface area contributed by atoms with Gasteiger partial charge in [0.15, 0.2) is 5.17 Å². The van der Waals surface area contributed by atoms with Gasteiger partial charge in [-0.15, -0.1) is 0 Å². The van der Waals surface area contributed by atoms with E-state index in [1.807, 2.05) is 4.90 Å². The number of aliphatic imine (C=N–C) groups is 1. The summed E-state index contributed by atoms with van der Waals surface area (Å²) in [5.41, 5.74) is 1.04. The van der Waals surface area contributed by atoms with E-state index in [0.717, 1.165) is 56.9 Å². The summed E-state index contributed by atoms with van der Waals surface area (Å²) >= 11 is 1.38. The molecule has 0 radical (unpaired) electrons. The highest BCUT2D eigenvalue weighted by atomic mass is 32.2. The molecule has 3 heterocycles. The lowest BCUT2D eigenvalue weighted by Gasteiger charge is -2.27. The van der Waals surface area contributed by atoms with Crippen molar-refractivity contribution < 1.29 is 19.2 Å². The van der Waals surface area contributed by atoms with Gasteiger partial charge >= 0.3 is 0 Å². The zero-order chi connectivity index (χ0) is 24.6. The monoisotopic (exact) mass is 499 g/mol. The van der Waals surface area contributed by atoms with Crippen molar-refractivity contribution in [2.45, 2.75) is 56.6 Å². The second-order valence-electron chi connectivity index (χ2n) is 9.16. The molecule has 4 rings (SSSR count). The van der Waals surface area contributed by atoms with Crippen LogP contribution >= 0.6 is 11.8 Å². The van der Waals surface area contributed by atoms with Crippen LogP contribution in [0.1, 0.15) is 61.7 Å². The van der Waals surface area contributed by atoms with Crippen molar-refractivity contribution in [1.29, 1.82) is 0 Å². The molecule has 1 unspecified atom stereocenters. The molecule has 2 N–H and O–H groups in total. The average Bonchev–Trinajstić information content (AvgIpc) is 3.09. The highest BCUT2D eigenvalue weighted by Crippen LogP contribution is 2.29. The van der Waals surface area contributed by atoms with Gasteiger partial charge in [0.25, 0.3) is 11.8 Å². The summed E-state index contributed by atoms with van der Waals surface area (Å²) in [7, 11) is 0. The number of benzene rings is 1. The Morgan fingerprint density at radius 1 is 0.971 bits per heavy atom. The lowest BCUT2D eigenvalue weighted by atomic mass is 10.1. The predicted octanol–water partition coefficient (Wildman–Crippen LogP) is 2.63. The number of hydrogen-bond acceptors (Lipinski definition) is 6. The third-order valence-corrected chi connectivity index (χ3v) is 7.71. The molecule has 10 heteroatoms. The topological polar surface area (TPSA) is 111 Å². The number of thioether (sulfide) groups is 1. The molecule has 3 aliphatic rings. The van der Waals surface area contributed by atoms with Gasteiger partial charge in [0.1, 0.15) is 5.25 Å². The van der Waals surface area contributed by atoms with Crippen molar-refractivity contribution in [1.82, 2.24) is 15.1 Å². The fraction of sp³-hybridized carbons (Fsp3) is 0.560. The average molecular weight is 500 g/mol. The number of anilines is 1. The summed E-state index contributed by atoms with van der Waals surface area (Å²) in [5.74, 6) is -0.575. The van der Waals surface area contributed by atoms with Gasteiger partial charge in [-0.2, -0.15) is 4.99 Å². The summed E-state index contributed by atoms with van der Waals surface area (Å²) in [6.45, 7) is 3.49. The van der Waals surface area contributed by atoms with E-state index in [9.17, 15) is 19.2 Å². The van der Waals surface area contributed by atoms with E-state index >= 15 is 0 Å². The van der Waals surface area contributed by atoms with Crippen LogP contribution in [0.4, 0.5) is 5.69 Å². The highest BCUT2D eigenvalue weighted by Gasteiger charge is 2.33. The molecule has 0 bridgehead atoms. The van der Waals surface area contributed by atoms with Crippen LogP contribution in [-0.4, -0.2) is 76.6 Å². The molecule has 35 heavy (non-hydrogen) atoms. The summed E-state index contributed by atoms with van der Waals surface area (Å²) in [6.07, 6.45) is 7.06. The Balaban J connectivity index is 1.20. The number of rotatable bonds is 7. The smallest absolute Gasteiger partial charge is 0.262 e. The Kier molecular flexibility index (Phi) is 8.79. The number of amidine groups is 1. The number of carbonyl (C=O) groups is 4. The van der Waals surface area contributed by atoms with E-state index in [-0.39, 0.29) is 30.0 Å². The van der Waals surface area contributed by atoms with Crippen molar-refractivity contribution in [2.24, 2.45) is 4.99 Å². The molecule has 2 fully saturated rings. The number of nitrogens with one attached hydrogen (secondary N) is 2. The molecular weight excluding hydrogens is 466 g/mol. The van der Waals surface area contributed by atoms with Gasteiger partial charge in [-0.1, -0.05) is 18.2 Å². The summed E-state index contributed by atoms with van der Waals surface area (Å²) < 4.78 is 0. The first-order chi connectivity index (χ1) is 17.0. The first-order valence-corrected chi connectivity index (χ1v) is 13.4. The van der Waals surface area contributed by atoms with Crippen LogP contribution < -0.4 is 10.6 Å². The number of amides is 4. The molecule has 3 aliphatic heterocycles. The predicted molar refractivity (Wildman–Crippen MR) is 136 cm³/mol. The Bertz CT molecular complexity index is 975. The third-order valence-electron chi connectivity index (χ3n) is 6.50. The maximum Gasteiger partial charge on any atom is 0.262 e. The van der Waals surface area contributed by atoms with E-state index < -0.39 is 5.25 Å². The zero-order valence-corrected chi connectivity index (χ0v) is 20.8. The van der Waals surface area contributed by atoms with E-state index in [1.165, 1.54) is 18.2 Å². The molecule has 9 nitrogen and oxygen atoms in total. The summed E-state index contributed by atoms with van der Waals surface area (Å²) in [4.78, 5) is 57.4. The van der Waals surface area contributed by atoms with Crippen LogP contribution in [-0.2, 0) is 14.4 Å². The molecule has 1 atom stereocenters. The maximum absolute atomic E-state index is 12.5. The number of carbonyl (C=O) groups excluding carboxylic acids is 4. The minimum Gasteiger partial charge on any atom is -0.351 e. The lowest BCUT2D eigenvalue weighted by Crippen LogP contribution is -2.38. The van der Waals surface area contributed by atoms with Gasteiger partial charge < -0.3 is 20.4 Å². The van der Waals surface area contributed by atoms with Gasteiger partial charge in [0, 0.05) is 56.8 Å². The zero-order valence-electron chi connectivity index (χ0n) is 20.0. The molecule has 0 aromatic heterocycles. The van der Waals surface area contributed by atoms with Crippen molar-refractivity contribution in [3.63, 3.8) is 0 Å². The number of likely N-dealkylation sites (tertiary alicyclic amines) is 2. The second-order valence-corrected chi connectivity index (χ2v) is 10.3. The van der Waals surface area contributed by atoms with Crippen molar-refractivity contribution in [3.8, 4) is 0 Å². The fourth-order valence-corrected chi connectivity index (χ4v) is 5.61. The van der Waals surface area contributed by atoms with Crippen LogP contribution in [0, 0.1) is 0 Å². The van der Waals surface area contributed by atoms with Crippen LogP contribution in [0.5, 0.6) is 0 Å². The SMILES string of the molecule is O=C(CC1SC(N2CCCCC2)=NC1=O)Nc1ccc(C(=O)NCCN2CCCCCC2=O)cc1. The van der Waals surface area contributed by atoms with Gasteiger partial charge in [0.2, 0.25) is 11.8 Å². The summed E-state index contributed by atoms with van der Waals surface area (Å²) in [6, 6.07) is 6.64. The number of nitrogens with zero attached hydrogens (tertiary/aromatic N) is 3. The molecular formula is C25H33N5O4S. The number of piperidine rings is 1. The first kappa shape index (κ1) is 25.2. The van der Waals surface area contributed by atoms with E-state index in [2.05, 4.69) is 20.5 Å².